The first-order valence-electron chi connectivity index (χ1n) is 5.38. The highest BCUT2D eigenvalue weighted by Crippen LogP contribution is 2.21. The Labute approximate surface area is 106 Å². The van der Waals surface area contributed by atoms with E-state index in [0.29, 0.717) is 0 Å². The molecule has 16 heavy (non-hydrogen) atoms. The van der Waals surface area contributed by atoms with Crippen LogP contribution in [0.2, 0.25) is 31.2 Å². The predicted octanol–water partition coefficient (Wildman–Crippen LogP) is 3.76. The smallest absolute Gasteiger partial charge is 0.192 e. The maximum absolute atomic E-state index is 6.08. The fourth-order valence-electron chi connectivity index (χ4n) is 1.50. The summed E-state index contributed by atoms with van der Waals surface area (Å²) in [4.78, 5) is 0. The molecule has 1 radical (unpaired) electrons. The van der Waals surface area contributed by atoms with Crippen molar-refractivity contribution in [2.75, 3.05) is 11.5 Å². The van der Waals surface area contributed by atoms with E-state index in [2.05, 4.69) is 31.5 Å². The molecule has 1 aromatic carbocycles. The third-order valence-electron chi connectivity index (χ3n) is 2.06. The zero-order valence-electron chi connectivity index (χ0n) is 10.3. The molecule has 1 aromatic rings. The zero-order valence-corrected chi connectivity index (χ0v) is 13.1. The van der Waals surface area contributed by atoms with Gasteiger partial charge in [0.15, 0.2) is 17.4 Å². The third-order valence-corrected chi connectivity index (χ3v) is 7.26. The highest BCUT2D eigenvalue weighted by atomic mass is 35.5. The van der Waals surface area contributed by atoms with Crippen LogP contribution < -0.4 is 5.32 Å². The number of benzene rings is 1. The van der Waals surface area contributed by atoms with Gasteiger partial charge in [-0.2, -0.15) is 0 Å². The molecule has 89 valence electrons. The number of hydrogen-bond donors (Lipinski definition) is 1. The number of rotatable bonds is 5. The largest absolute Gasteiger partial charge is 0.455 e. The fourth-order valence-corrected chi connectivity index (χ4v) is 7.03. The number of halogens is 1. The Morgan fingerprint density at radius 2 is 1.94 bits per heavy atom. The van der Waals surface area contributed by atoms with E-state index < -0.39 is 17.4 Å². The van der Waals surface area contributed by atoms with Crippen molar-refractivity contribution < 1.29 is 4.12 Å². The van der Waals surface area contributed by atoms with Gasteiger partial charge in [-0.3, -0.25) is 0 Å². The number of anilines is 1. The molecular weight excluding hydrogens is 254 g/mol. The molecule has 1 N–H and O–H groups in total. The Morgan fingerprint density at radius 1 is 1.31 bits per heavy atom. The quantitative estimate of drug-likeness (QED) is 0.824. The lowest BCUT2D eigenvalue weighted by atomic mass is 10.3. The minimum absolute atomic E-state index is 0.616. The molecule has 0 unspecified atom stereocenters. The zero-order chi connectivity index (χ0) is 12.2. The highest BCUT2D eigenvalue weighted by Gasteiger charge is 2.23. The molecule has 0 aliphatic carbocycles. The van der Waals surface area contributed by atoms with E-state index in [4.69, 9.17) is 15.7 Å². The second-order valence-corrected chi connectivity index (χ2v) is 11.5. The van der Waals surface area contributed by atoms with E-state index >= 15 is 0 Å². The first-order chi connectivity index (χ1) is 7.41. The summed E-state index contributed by atoms with van der Waals surface area (Å²) in [5.74, 6) is 0. The van der Waals surface area contributed by atoms with E-state index in [-0.39, 0.29) is 0 Å². The van der Waals surface area contributed by atoms with Crippen molar-refractivity contribution in [2.45, 2.75) is 26.2 Å². The van der Waals surface area contributed by atoms with Gasteiger partial charge in [-0.25, -0.2) is 0 Å². The van der Waals surface area contributed by atoms with Gasteiger partial charge in [0.05, 0.1) is 10.7 Å². The summed E-state index contributed by atoms with van der Waals surface area (Å²) in [6, 6.07) is 7.81. The van der Waals surface area contributed by atoms with Crippen LogP contribution in [-0.2, 0) is 4.12 Å². The van der Waals surface area contributed by atoms with Gasteiger partial charge >= 0.3 is 0 Å². The van der Waals surface area contributed by atoms with Gasteiger partial charge in [0.2, 0.25) is 0 Å². The first-order valence-corrected chi connectivity index (χ1v) is 11.3. The van der Waals surface area contributed by atoms with Gasteiger partial charge in [0, 0.05) is 6.17 Å². The molecular formula is C11H19ClNOSi2. The summed E-state index contributed by atoms with van der Waals surface area (Å²) in [5.41, 5.74) is 0.995. The Bertz CT molecular complexity index is 345. The average Bonchev–Trinajstić information content (AvgIpc) is 2.14. The minimum atomic E-state index is -1.60. The second kappa shape index (κ2) is 5.86. The molecule has 0 saturated heterocycles. The third kappa shape index (κ3) is 4.69. The number of hydrogen-bond acceptors (Lipinski definition) is 2. The van der Waals surface area contributed by atoms with E-state index in [1.807, 2.05) is 24.3 Å². The van der Waals surface area contributed by atoms with Gasteiger partial charge in [0.25, 0.3) is 0 Å². The molecule has 0 aromatic heterocycles. The highest BCUT2D eigenvalue weighted by molar-refractivity contribution is 6.78. The fraction of sp³-hybridized carbons (Fsp3) is 0.455. The van der Waals surface area contributed by atoms with Crippen LogP contribution in [-0.4, -0.2) is 23.5 Å². The van der Waals surface area contributed by atoms with Crippen molar-refractivity contribution in [1.29, 1.82) is 0 Å². The molecule has 0 aliphatic rings. The van der Waals surface area contributed by atoms with Gasteiger partial charge < -0.3 is 9.43 Å². The van der Waals surface area contributed by atoms with Crippen molar-refractivity contribution in [3.05, 3.63) is 29.3 Å². The van der Waals surface area contributed by atoms with Crippen LogP contribution in [0.1, 0.15) is 0 Å². The molecule has 0 heterocycles. The topological polar surface area (TPSA) is 21.3 Å². The summed E-state index contributed by atoms with van der Waals surface area (Å²) < 4.78 is 6.03. The van der Waals surface area contributed by atoms with Crippen molar-refractivity contribution >= 4 is 34.6 Å². The minimum Gasteiger partial charge on any atom is -0.455 e. The second-order valence-electron chi connectivity index (χ2n) is 4.60. The summed E-state index contributed by atoms with van der Waals surface area (Å²) in [7, 11) is -2.21. The summed E-state index contributed by atoms with van der Waals surface area (Å²) in [6.07, 6.45) is 0.895. The predicted molar refractivity (Wildman–Crippen MR) is 76.0 cm³/mol. The maximum atomic E-state index is 6.08. The molecule has 0 aliphatic heterocycles. The van der Waals surface area contributed by atoms with Crippen LogP contribution in [0.4, 0.5) is 5.69 Å². The molecule has 0 bridgehead atoms. The van der Waals surface area contributed by atoms with Gasteiger partial charge in [-0.1, -0.05) is 23.7 Å². The Kier molecular flexibility index (Phi) is 5.04. The van der Waals surface area contributed by atoms with Crippen LogP contribution in [0.15, 0.2) is 24.3 Å². The van der Waals surface area contributed by atoms with Gasteiger partial charge in [-0.15, -0.1) is 0 Å². The van der Waals surface area contributed by atoms with Crippen molar-refractivity contribution in [3.8, 4) is 0 Å². The summed E-state index contributed by atoms with van der Waals surface area (Å²) >= 11 is 6.08. The van der Waals surface area contributed by atoms with E-state index in [1.165, 1.54) is 0 Å². The monoisotopic (exact) mass is 272 g/mol. The first kappa shape index (κ1) is 13.8. The van der Waals surface area contributed by atoms with E-state index in [1.54, 1.807) is 0 Å². The van der Waals surface area contributed by atoms with Crippen LogP contribution in [0, 0.1) is 0 Å². The lowest BCUT2D eigenvalue weighted by molar-refractivity contribution is 0.576. The number of nitrogens with one attached hydrogen (secondary N) is 1. The lowest BCUT2D eigenvalue weighted by Gasteiger charge is -2.26. The van der Waals surface area contributed by atoms with E-state index in [0.717, 1.165) is 16.9 Å². The Morgan fingerprint density at radius 3 is 2.50 bits per heavy atom. The normalized spacial score (nSPS) is 11.9. The van der Waals surface area contributed by atoms with E-state index in [9.17, 15) is 0 Å². The molecule has 0 atom stereocenters. The van der Waals surface area contributed by atoms with Crippen LogP contribution in [0.3, 0.4) is 0 Å². The van der Waals surface area contributed by atoms with Crippen LogP contribution in [0.5, 0.6) is 0 Å². The van der Waals surface area contributed by atoms with Gasteiger partial charge in [0.1, 0.15) is 0 Å². The van der Waals surface area contributed by atoms with Crippen LogP contribution in [0.25, 0.3) is 0 Å². The number of para-hydroxylation sites is 1. The molecule has 0 saturated carbocycles. The molecule has 1 rings (SSSR count). The van der Waals surface area contributed by atoms with Crippen molar-refractivity contribution in [1.82, 2.24) is 0 Å². The SMILES string of the molecule is C[Si](C)O[Si](C)(C)CNc1ccccc1Cl. The van der Waals surface area contributed by atoms with Crippen molar-refractivity contribution in [3.63, 3.8) is 0 Å². The lowest BCUT2D eigenvalue weighted by Crippen LogP contribution is -2.42. The molecule has 0 spiro atoms. The molecule has 5 heteroatoms. The van der Waals surface area contributed by atoms with Gasteiger partial charge in [-0.05, 0) is 38.3 Å². The summed E-state index contributed by atoms with van der Waals surface area (Å²) in [6.45, 7) is 8.81. The Hall–Kier alpha value is -0.296. The average molecular weight is 273 g/mol. The maximum Gasteiger partial charge on any atom is 0.192 e. The Balaban J connectivity index is 2.54. The summed E-state index contributed by atoms with van der Waals surface area (Å²) in [5, 5.41) is 4.15. The molecule has 2 nitrogen and oxygen atoms in total. The standard InChI is InChI=1S/C11H19ClNOSi2/c1-15(2)14-16(3,4)9-13-11-8-6-5-7-10(11)12/h5-8,13H,9H2,1-4H3. The van der Waals surface area contributed by atoms with Crippen LogP contribution >= 0.6 is 11.6 Å². The molecule has 0 fully saturated rings. The molecule has 0 amide bonds. The van der Waals surface area contributed by atoms with Crippen molar-refractivity contribution in [2.24, 2.45) is 0 Å².